The number of carbonyl (C=O) groups excluding carboxylic acids is 1. The number of benzene rings is 1. The summed E-state index contributed by atoms with van der Waals surface area (Å²) in [6.07, 6.45) is 1.68. The molecule has 0 saturated carbocycles. The van der Waals surface area contributed by atoms with Crippen LogP contribution in [0.1, 0.15) is 12.0 Å². The number of hydrogen-bond acceptors (Lipinski definition) is 3. The van der Waals surface area contributed by atoms with Gasteiger partial charge in [0.25, 0.3) is 0 Å². The minimum absolute atomic E-state index is 0.163. The van der Waals surface area contributed by atoms with Gasteiger partial charge in [-0.3, -0.25) is 4.79 Å². The molecule has 7 heteroatoms. The molecule has 1 amide bonds. The molecule has 5 nitrogen and oxygen atoms in total. The van der Waals surface area contributed by atoms with E-state index in [2.05, 4.69) is 11.9 Å². The SMILES string of the molecule is C=CC(=O)NCCCN(C)S(=O)(=O)c1ccc(C)c(Cl)c1. The summed E-state index contributed by atoms with van der Waals surface area (Å²) >= 11 is 5.96. The third kappa shape index (κ3) is 4.84. The molecule has 116 valence electrons. The fourth-order valence-electron chi connectivity index (χ4n) is 1.62. The Balaban J connectivity index is 2.67. The summed E-state index contributed by atoms with van der Waals surface area (Å²) < 4.78 is 25.9. The molecule has 0 aliphatic heterocycles. The summed E-state index contributed by atoms with van der Waals surface area (Å²) in [7, 11) is -2.07. The predicted octanol–water partition coefficient (Wildman–Crippen LogP) is 1.96. The normalized spacial score (nSPS) is 11.4. The van der Waals surface area contributed by atoms with E-state index in [1.807, 2.05) is 6.92 Å². The van der Waals surface area contributed by atoms with Crippen LogP contribution in [0.4, 0.5) is 0 Å². The summed E-state index contributed by atoms with van der Waals surface area (Å²) in [5.41, 5.74) is 0.824. The van der Waals surface area contributed by atoms with Gasteiger partial charge in [0.1, 0.15) is 0 Å². The van der Waals surface area contributed by atoms with E-state index in [0.717, 1.165) is 5.56 Å². The molecule has 1 aromatic rings. The maximum Gasteiger partial charge on any atom is 0.243 e. The smallest absolute Gasteiger partial charge is 0.243 e. The van der Waals surface area contributed by atoms with Crippen molar-refractivity contribution in [1.29, 1.82) is 0 Å². The van der Waals surface area contributed by atoms with Gasteiger partial charge in [0.05, 0.1) is 4.90 Å². The Morgan fingerprint density at radius 2 is 2.14 bits per heavy atom. The molecule has 1 N–H and O–H groups in total. The van der Waals surface area contributed by atoms with Gasteiger partial charge in [-0.15, -0.1) is 0 Å². The first-order chi connectivity index (χ1) is 9.78. The number of halogens is 1. The largest absolute Gasteiger partial charge is 0.353 e. The third-order valence-electron chi connectivity index (χ3n) is 2.99. The highest BCUT2D eigenvalue weighted by Gasteiger charge is 2.20. The molecule has 1 rings (SSSR count). The van der Waals surface area contributed by atoms with Crippen molar-refractivity contribution in [3.05, 3.63) is 41.4 Å². The Bertz CT molecular complexity index is 629. The number of aryl methyl sites for hydroxylation is 1. The molecule has 0 unspecified atom stereocenters. The maximum atomic E-state index is 12.3. The second-order valence-corrected chi connectivity index (χ2v) is 7.04. The lowest BCUT2D eigenvalue weighted by Crippen LogP contribution is -2.31. The molecule has 0 aliphatic carbocycles. The second kappa shape index (κ2) is 7.59. The van der Waals surface area contributed by atoms with Crippen molar-refractivity contribution >= 4 is 27.5 Å². The Kier molecular flexibility index (Phi) is 6.39. The van der Waals surface area contributed by atoms with Gasteiger partial charge in [0.15, 0.2) is 0 Å². The third-order valence-corrected chi connectivity index (χ3v) is 5.25. The van der Waals surface area contributed by atoms with Crippen molar-refractivity contribution in [3.63, 3.8) is 0 Å². The molecule has 21 heavy (non-hydrogen) atoms. The number of rotatable bonds is 7. The average molecular weight is 331 g/mol. The van der Waals surface area contributed by atoms with Gasteiger partial charge in [-0.25, -0.2) is 12.7 Å². The summed E-state index contributed by atoms with van der Waals surface area (Å²) in [6, 6.07) is 4.65. The zero-order chi connectivity index (χ0) is 16.0. The summed E-state index contributed by atoms with van der Waals surface area (Å²) in [5, 5.41) is 3.02. The number of nitrogens with one attached hydrogen (secondary N) is 1. The Hall–Kier alpha value is -1.37. The number of sulfonamides is 1. The molecule has 0 bridgehead atoms. The molecule has 0 atom stereocenters. The maximum absolute atomic E-state index is 12.3. The minimum atomic E-state index is -3.57. The van der Waals surface area contributed by atoms with Crippen LogP contribution in [-0.4, -0.2) is 38.8 Å². The number of amides is 1. The molecule has 0 radical (unpaired) electrons. The van der Waals surface area contributed by atoms with Crippen molar-refractivity contribution in [2.75, 3.05) is 20.1 Å². The minimum Gasteiger partial charge on any atom is -0.353 e. The lowest BCUT2D eigenvalue weighted by molar-refractivity contribution is -0.116. The average Bonchev–Trinajstić information content (AvgIpc) is 2.45. The van der Waals surface area contributed by atoms with Gasteiger partial charge in [-0.05, 0) is 37.1 Å². The quantitative estimate of drug-likeness (QED) is 0.614. The van der Waals surface area contributed by atoms with Crippen LogP contribution < -0.4 is 5.32 Å². The van der Waals surface area contributed by atoms with Crippen LogP contribution >= 0.6 is 11.6 Å². The second-order valence-electron chi connectivity index (χ2n) is 4.59. The van der Waals surface area contributed by atoms with Crippen LogP contribution in [0.15, 0.2) is 35.7 Å². The van der Waals surface area contributed by atoms with Gasteiger partial charge >= 0.3 is 0 Å². The highest BCUT2D eigenvalue weighted by molar-refractivity contribution is 7.89. The molecular weight excluding hydrogens is 312 g/mol. The van der Waals surface area contributed by atoms with E-state index >= 15 is 0 Å². The summed E-state index contributed by atoms with van der Waals surface area (Å²) in [6.45, 7) is 5.83. The van der Waals surface area contributed by atoms with Crippen LogP contribution in [0, 0.1) is 6.92 Å². The Labute approximate surface area is 130 Å². The van der Waals surface area contributed by atoms with Gasteiger partial charge in [0.2, 0.25) is 15.9 Å². The van der Waals surface area contributed by atoms with E-state index in [1.54, 1.807) is 6.07 Å². The van der Waals surface area contributed by atoms with Gasteiger partial charge in [-0.1, -0.05) is 24.2 Å². The lowest BCUT2D eigenvalue weighted by atomic mass is 10.2. The van der Waals surface area contributed by atoms with Gasteiger partial charge in [0, 0.05) is 25.2 Å². The van der Waals surface area contributed by atoms with Gasteiger partial charge < -0.3 is 5.32 Å². The lowest BCUT2D eigenvalue weighted by Gasteiger charge is -2.17. The van der Waals surface area contributed by atoms with E-state index in [1.165, 1.54) is 29.6 Å². The van der Waals surface area contributed by atoms with Crippen LogP contribution in [0.3, 0.4) is 0 Å². The van der Waals surface area contributed by atoms with Crippen LogP contribution in [0.2, 0.25) is 5.02 Å². The highest BCUT2D eigenvalue weighted by atomic mass is 35.5. The van der Waals surface area contributed by atoms with Crippen molar-refractivity contribution in [2.24, 2.45) is 0 Å². The molecule has 1 aromatic carbocycles. The zero-order valence-corrected chi connectivity index (χ0v) is 13.7. The Morgan fingerprint density at radius 1 is 1.48 bits per heavy atom. The molecule has 0 aliphatic rings. The van der Waals surface area contributed by atoms with Gasteiger partial charge in [-0.2, -0.15) is 0 Å². The first-order valence-corrected chi connectivity index (χ1v) is 8.23. The van der Waals surface area contributed by atoms with Crippen LogP contribution in [0.5, 0.6) is 0 Å². The topological polar surface area (TPSA) is 66.5 Å². The molecule has 0 spiro atoms. The number of hydrogen-bond donors (Lipinski definition) is 1. The fraction of sp³-hybridized carbons (Fsp3) is 0.357. The predicted molar refractivity (Wildman–Crippen MR) is 83.8 cm³/mol. The van der Waals surface area contributed by atoms with E-state index < -0.39 is 10.0 Å². The van der Waals surface area contributed by atoms with Crippen LogP contribution in [0.25, 0.3) is 0 Å². The molecule has 0 saturated heterocycles. The highest BCUT2D eigenvalue weighted by Crippen LogP contribution is 2.22. The first kappa shape index (κ1) is 17.7. The van der Waals surface area contributed by atoms with E-state index in [4.69, 9.17) is 11.6 Å². The van der Waals surface area contributed by atoms with E-state index in [-0.39, 0.29) is 10.8 Å². The van der Waals surface area contributed by atoms with E-state index in [9.17, 15) is 13.2 Å². The summed E-state index contributed by atoms with van der Waals surface area (Å²) in [4.78, 5) is 11.1. The molecule has 0 aromatic heterocycles. The number of carbonyl (C=O) groups is 1. The zero-order valence-electron chi connectivity index (χ0n) is 12.1. The van der Waals surface area contributed by atoms with E-state index in [0.29, 0.717) is 24.5 Å². The monoisotopic (exact) mass is 330 g/mol. The summed E-state index contributed by atoms with van der Waals surface area (Å²) in [5.74, 6) is -0.272. The van der Waals surface area contributed by atoms with Crippen LogP contribution in [-0.2, 0) is 14.8 Å². The standard InChI is InChI=1S/C14H19ClN2O3S/c1-4-14(18)16-8-5-9-17(3)21(19,20)12-7-6-11(2)13(15)10-12/h4,6-7,10H,1,5,8-9H2,2-3H3,(H,16,18). The molecule has 0 heterocycles. The van der Waals surface area contributed by atoms with Crippen molar-refractivity contribution < 1.29 is 13.2 Å². The molecule has 0 fully saturated rings. The Morgan fingerprint density at radius 3 is 2.71 bits per heavy atom. The number of nitrogens with zero attached hydrogens (tertiary/aromatic N) is 1. The van der Waals surface area contributed by atoms with Crippen molar-refractivity contribution in [2.45, 2.75) is 18.2 Å². The fourth-order valence-corrected chi connectivity index (χ4v) is 3.10. The molecular formula is C14H19ClN2O3S. The van der Waals surface area contributed by atoms with Crippen molar-refractivity contribution in [3.8, 4) is 0 Å². The first-order valence-electron chi connectivity index (χ1n) is 6.42. The van der Waals surface area contributed by atoms with Crippen molar-refractivity contribution in [1.82, 2.24) is 9.62 Å².